The maximum atomic E-state index is 12.6. The van der Waals surface area contributed by atoms with Crippen LogP contribution in [0.3, 0.4) is 0 Å². The van der Waals surface area contributed by atoms with Crippen LogP contribution in [0.15, 0.2) is 42.5 Å². The molecule has 7 heteroatoms. The van der Waals surface area contributed by atoms with E-state index < -0.39 is 6.03 Å². The van der Waals surface area contributed by atoms with Gasteiger partial charge in [0.15, 0.2) is 0 Å². The van der Waals surface area contributed by atoms with Gasteiger partial charge in [0.05, 0.1) is 22.8 Å². The molecule has 1 fully saturated rings. The smallest absolute Gasteiger partial charge is 0.307 e. The van der Waals surface area contributed by atoms with Gasteiger partial charge in [-0.1, -0.05) is 36.2 Å². The Balaban J connectivity index is 1.40. The van der Waals surface area contributed by atoms with Crippen LogP contribution in [-0.2, 0) is 4.79 Å². The summed E-state index contributed by atoms with van der Waals surface area (Å²) in [6.07, 6.45) is 3.14. The van der Waals surface area contributed by atoms with Crippen LogP contribution < -0.4 is 10.6 Å². The third kappa shape index (κ3) is 4.68. The Bertz CT molecular complexity index is 1050. The van der Waals surface area contributed by atoms with Crippen molar-refractivity contribution in [2.24, 2.45) is 0 Å². The lowest BCUT2D eigenvalue weighted by Gasteiger charge is -2.33. The normalized spacial score (nSPS) is 17.1. The predicted molar refractivity (Wildman–Crippen MR) is 121 cm³/mol. The van der Waals surface area contributed by atoms with Crippen molar-refractivity contribution in [2.45, 2.75) is 39.2 Å². The first kappa shape index (κ1) is 20.5. The van der Waals surface area contributed by atoms with Crippen molar-refractivity contribution >= 4 is 39.2 Å². The van der Waals surface area contributed by atoms with Gasteiger partial charge >= 0.3 is 6.03 Å². The SMILES string of the molecule is Cc1ccc(NC(=O)NC(=O)CN2CCCC[C@@H]2c2nc3ccccc3s2)c(C)c1. The average molecular weight is 423 g/mol. The van der Waals surface area contributed by atoms with Crippen molar-refractivity contribution in [3.05, 3.63) is 58.6 Å². The minimum atomic E-state index is -0.500. The van der Waals surface area contributed by atoms with Crippen LogP contribution in [-0.4, -0.2) is 34.9 Å². The van der Waals surface area contributed by atoms with E-state index in [9.17, 15) is 9.59 Å². The molecule has 0 saturated carbocycles. The molecule has 3 aromatic rings. The molecule has 0 spiro atoms. The number of aromatic nitrogens is 1. The maximum absolute atomic E-state index is 12.6. The number of likely N-dealkylation sites (tertiary alicyclic amines) is 1. The number of nitrogens with zero attached hydrogens (tertiary/aromatic N) is 2. The van der Waals surface area contributed by atoms with Gasteiger partial charge in [0, 0.05) is 5.69 Å². The fraction of sp³-hybridized carbons (Fsp3) is 0.348. The molecule has 30 heavy (non-hydrogen) atoms. The lowest BCUT2D eigenvalue weighted by molar-refractivity contribution is -0.122. The summed E-state index contributed by atoms with van der Waals surface area (Å²) in [5.74, 6) is -0.301. The van der Waals surface area contributed by atoms with E-state index in [0.29, 0.717) is 5.69 Å². The summed E-state index contributed by atoms with van der Waals surface area (Å²) in [5, 5.41) is 6.28. The average Bonchev–Trinajstić information content (AvgIpc) is 3.14. The Morgan fingerprint density at radius 2 is 2.00 bits per heavy atom. The quantitative estimate of drug-likeness (QED) is 0.634. The van der Waals surface area contributed by atoms with Crippen LogP contribution in [0.2, 0.25) is 0 Å². The number of para-hydroxylation sites is 1. The number of imide groups is 1. The van der Waals surface area contributed by atoms with E-state index in [1.165, 1.54) is 0 Å². The van der Waals surface area contributed by atoms with E-state index in [2.05, 4.69) is 21.6 Å². The number of anilines is 1. The number of urea groups is 1. The number of fused-ring (bicyclic) bond motifs is 1. The highest BCUT2D eigenvalue weighted by Gasteiger charge is 2.28. The number of nitrogens with one attached hydrogen (secondary N) is 2. The molecule has 0 bridgehead atoms. The molecule has 1 aromatic heterocycles. The number of hydrogen-bond acceptors (Lipinski definition) is 5. The number of hydrogen-bond donors (Lipinski definition) is 2. The number of thiazole rings is 1. The molecular formula is C23H26N4O2S. The second kappa shape index (κ2) is 8.93. The third-order valence-electron chi connectivity index (χ3n) is 5.44. The summed E-state index contributed by atoms with van der Waals surface area (Å²) in [6, 6.07) is 13.5. The molecule has 2 aromatic carbocycles. The van der Waals surface area contributed by atoms with Gasteiger partial charge in [0.2, 0.25) is 5.91 Å². The Morgan fingerprint density at radius 1 is 1.17 bits per heavy atom. The van der Waals surface area contributed by atoms with Crippen LogP contribution >= 0.6 is 11.3 Å². The number of aryl methyl sites for hydroxylation is 2. The van der Waals surface area contributed by atoms with Gasteiger partial charge in [0.1, 0.15) is 5.01 Å². The van der Waals surface area contributed by atoms with Crippen molar-refractivity contribution in [2.75, 3.05) is 18.4 Å². The largest absolute Gasteiger partial charge is 0.325 e. The fourth-order valence-electron chi connectivity index (χ4n) is 3.95. The van der Waals surface area contributed by atoms with Crippen LogP contribution in [0.5, 0.6) is 0 Å². The molecule has 0 radical (unpaired) electrons. The second-order valence-electron chi connectivity index (χ2n) is 7.82. The second-order valence-corrected chi connectivity index (χ2v) is 8.88. The fourth-order valence-corrected chi connectivity index (χ4v) is 5.09. The molecule has 156 valence electrons. The first-order valence-corrected chi connectivity index (χ1v) is 11.1. The molecule has 4 rings (SSSR count). The van der Waals surface area contributed by atoms with Crippen LogP contribution in [0.4, 0.5) is 10.5 Å². The summed E-state index contributed by atoms with van der Waals surface area (Å²) in [6.45, 7) is 4.94. The molecule has 2 N–H and O–H groups in total. The van der Waals surface area contributed by atoms with Crippen molar-refractivity contribution in [1.29, 1.82) is 0 Å². The monoisotopic (exact) mass is 422 g/mol. The van der Waals surface area contributed by atoms with E-state index in [-0.39, 0.29) is 18.5 Å². The van der Waals surface area contributed by atoms with Crippen LogP contribution in [0.25, 0.3) is 10.2 Å². The van der Waals surface area contributed by atoms with Gasteiger partial charge in [-0.2, -0.15) is 0 Å². The molecule has 0 aliphatic carbocycles. The molecule has 1 saturated heterocycles. The van der Waals surface area contributed by atoms with Gasteiger partial charge in [-0.25, -0.2) is 9.78 Å². The predicted octanol–water partition coefficient (Wildman–Crippen LogP) is 4.79. The maximum Gasteiger partial charge on any atom is 0.325 e. The van der Waals surface area contributed by atoms with Gasteiger partial charge in [0.25, 0.3) is 0 Å². The molecular weight excluding hydrogens is 396 g/mol. The van der Waals surface area contributed by atoms with E-state index in [4.69, 9.17) is 4.98 Å². The lowest BCUT2D eigenvalue weighted by atomic mass is 10.0. The summed E-state index contributed by atoms with van der Waals surface area (Å²) in [7, 11) is 0. The van der Waals surface area contributed by atoms with Gasteiger partial charge in [-0.15, -0.1) is 11.3 Å². The summed E-state index contributed by atoms with van der Waals surface area (Å²) < 4.78 is 1.16. The van der Waals surface area contributed by atoms with Crippen molar-refractivity contribution < 1.29 is 9.59 Å². The van der Waals surface area contributed by atoms with Gasteiger partial charge in [-0.3, -0.25) is 15.0 Å². The summed E-state index contributed by atoms with van der Waals surface area (Å²) >= 11 is 1.69. The number of piperidine rings is 1. The third-order valence-corrected chi connectivity index (χ3v) is 6.58. The molecule has 2 heterocycles. The van der Waals surface area contributed by atoms with Crippen LogP contribution in [0.1, 0.15) is 41.4 Å². The molecule has 6 nitrogen and oxygen atoms in total. The van der Waals surface area contributed by atoms with Crippen molar-refractivity contribution in [1.82, 2.24) is 15.2 Å². The minimum Gasteiger partial charge on any atom is -0.307 e. The topological polar surface area (TPSA) is 74.3 Å². The molecule has 1 aliphatic heterocycles. The zero-order valence-electron chi connectivity index (χ0n) is 17.3. The zero-order valence-corrected chi connectivity index (χ0v) is 18.1. The molecule has 1 atom stereocenters. The summed E-state index contributed by atoms with van der Waals surface area (Å²) in [4.78, 5) is 31.8. The highest BCUT2D eigenvalue weighted by atomic mass is 32.1. The summed E-state index contributed by atoms with van der Waals surface area (Å²) in [5.41, 5.74) is 3.79. The highest BCUT2D eigenvalue weighted by Crippen LogP contribution is 2.35. The van der Waals surface area contributed by atoms with Gasteiger partial charge in [-0.05, 0) is 57.0 Å². The minimum absolute atomic E-state index is 0.115. The number of rotatable bonds is 4. The lowest BCUT2D eigenvalue weighted by Crippen LogP contribution is -2.44. The Morgan fingerprint density at radius 3 is 2.80 bits per heavy atom. The zero-order chi connectivity index (χ0) is 21.1. The van der Waals surface area contributed by atoms with Gasteiger partial charge < -0.3 is 5.32 Å². The number of amides is 3. The highest BCUT2D eigenvalue weighted by molar-refractivity contribution is 7.18. The Hall–Kier alpha value is -2.77. The first-order valence-electron chi connectivity index (χ1n) is 10.3. The molecule has 0 unspecified atom stereocenters. The molecule has 1 aliphatic rings. The van der Waals surface area contributed by atoms with E-state index in [0.717, 1.165) is 52.2 Å². The Labute approximate surface area is 180 Å². The number of benzene rings is 2. The first-order chi connectivity index (χ1) is 14.5. The molecule has 3 amide bonds. The number of carbonyl (C=O) groups excluding carboxylic acids is 2. The van der Waals surface area contributed by atoms with Crippen LogP contribution in [0, 0.1) is 13.8 Å². The van der Waals surface area contributed by atoms with E-state index in [1.54, 1.807) is 11.3 Å². The Kier molecular flexibility index (Phi) is 6.11. The van der Waals surface area contributed by atoms with E-state index >= 15 is 0 Å². The standard InChI is InChI=1S/C23H26N4O2S/c1-15-10-11-17(16(2)13-15)25-23(29)26-21(28)14-27-12-6-5-8-19(27)22-24-18-7-3-4-9-20(18)30-22/h3-4,7,9-11,13,19H,5-6,8,12,14H2,1-2H3,(H2,25,26,28,29)/t19-/m1/s1. The number of carbonyl (C=O) groups is 2. The van der Waals surface area contributed by atoms with Crippen molar-refractivity contribution in [3.63, 3.8) is 0 Å². The van der Waals surface area contributed by atoms with E-state index in [1.807, 2.05) is 50.2 Å². The van der Waals surface area contributed by atoms with Crippen molar-refractivity contribution in [3.8, 4) is 0 Å².